The summed E-state index contributed by atoms with van der Waals surface area (Å²) in [6.07, 6.45) is 14.1. The van der Waals surface area contributed by atoms with Crippen LogP contribution in [-0.2, 0) is 0 Å². The molecule has 1 heterocycles. The summed E-state index contributed by atoms with van der Waals surface area (Å²) in [6.45, 7) is 3.94. The van der Waals surface area contributed by atoms with E-state index in [2.05, 4.69) is 4.90 Å². The molecule has 98 valence electrons. The Balaban J connectivity index is 1.42. The molecule has 0 aromatic heterocycles. The van der Waals surface area contributed by atoms with Gasteiger partial charge in [0, 0.05) is 5.54 Å². The Morgan fingerprint density at radius 3 is 2.00 bits per heavy atom. The van der Waals surface area contributed by atoms with Crippen LogP contribution in [-0.4, -0.2) is 30.1 Å². The summed E-state index contributed by atoms with van der Waals surface area (Å²) in [6, 6.07) is 0. The molecule has 0 unspecified atom stereocenters. The highest BCUT2D eigenvalue weighted by atomic mass is 15.1. The van der Waals surface area contributed by atoms with Gasteiger partial charge in [-0.3, -0.25) is 0 Å². The molecule has 2 nitrogen and oxygen atoms in total. The normalized spacial score (nSPS) is 31.6. The number of likely N-dealkylation sites (tertiary alicyclic amines) is 1. The van der Waals surface area contributed by atoms with E-state index in [0.717, 1.165) is 5.41 Å². The average Bonchev–Trinajstić information content (AvgIpc) is 2.75. The molecule has 0 radical (unpaired) electrons. The van der Waals surface area contributed by atoms with Gasteiger partial charge in [0.2, 0.25) is 0 Å². The van der Waals surface area contributed by atoms with Gasteiger partial charge in [0.25, 0.3) is 0 Å². The largest absolute Gasteiger partial charge is 0.325 e. The molecular formula is C15H28N2. The Hall–Kier alpha value is -0.0800. The minimum absolute atomic E-state index is 0.225. The second-order valence-electron chi connectivity index (χ2n) is 7.01. The van der Waals surface area contributed by atoms with Crippen molar-refractivity contribution in [3.8, 4) is 0 Å². The average molecular weight is 236 g/mol. The summed E-state index contributed by atoms with van der Waals surface area (Å²) in [5, 5.41) is 0. The highest BCUT2D eigenvalue weighted by Gasteiger charge is 2.38. The lowest BCUT2D eigenvalue weighted by Gasteiger charge is -2.43. The van der Waals surface area contributed by atoms with Crippen LogP contribution in [0.3, 0.4) is 0 Å². The van der Waals surface area contributed by atoms with Crippen LogP contribution >= 0.6 is 0 Å². The fourth-order valence-electron chi connectivity index (χ4n) is 4.14. The van der Waals surface area contributed by atoms with Crippen molar-refractivity contribution in [3.05, 3.63) is 0 Å². The summed E-state index contributed by atoms with van der Waals surface area (Å²) >= 11 is 0. The predicted molar refractivity (Wildman–Crippen MR) is 72.0 cm³/mol. The zero-order chi connectivity index (χ0) is 11.8. The molecule has 0 atom stereocenters. The van der Waals surface area contributed by atoms with E-state index in [1.807, 2.05) is 0 Å². The number of hydrogen-bond donors (Lipinski definition) is 1. The first-order valence-corrected chi connectivity index (χ1v) is 7.71. The summed E-state index contributed by atoms with van der Waals surface area (Å²) in [5.74, 6) is 0. The van der Waals surface area contributed by atoms with Gasteiger partial charge >= 0.3 is 0 Å². The minimum atomic E-state index is 0.225. The quantitative estimate of drug-likeness (QED) is 0.816. The van der Waals surface area contributed by atoms with Gasteiger partial charge in [-0.2, -0.15) is 0 Å². The Morgan fingerprint density at radius 1 is 0.824 bits per heavy atom. The number of hydrogen-bond acceptors (Lipinski definition) is 2. The topological polar surface area (TPSA) is 29.3 Å². The first kappa shape index (κ1) is 12.0. The van der Waals surface area contributed by atoms with Gasteiger partial charge in [0.1, 0.15) is 0 Å². The van der Waals surface area contributed by atoms with Crippen LogP contribution in [0.15, 0.2) is 0 Å². The van der Waals surface area contributed by atoms with Crippen molar-refractivity contribution in [3.63, 3.8) is 0 Å². The van der Waals surface area contributed by atoms with E-state index in [0.29, 0.717) is 0 Å². The van der Waals surface area contributed by atoms with Gasteiger partial charge in [-0.15, -0.1) is 0 Å². The molecule has 3 rings (SSSR count). The standard InChI is InChI=1S/C15H28N2/c16-15(6-3-7-15)10-13-17-11-8-14(9-12-17)4-1-2-5-14/h1-13,16H2. The fraction of sp³-hybridized carbons (Fsp3) is 1.00. The first-order chi connectivity index (χ1) is 8.20. The van der Waals surface area contributed by atoms with Crippen molar-refractivity contribution < 1.29 is 0 Å². The van der Waals surface area contributed by atoms with Gasteiger partial charge in [0.05, 0.1) is 0 Å². The van der Waals surface area contributed by atoms with Crippen LogP contribution in [0.25, 0.3) is 0 Å². The molecule has 2 heteroatoms. The molecule has 2 N–H and O–H groups in total. The molecule has 0 aromatic carbocycles. The zero-order valence-corrected chi connectivity index (χ0v) is 11.2. The molecule has 17 heavy (non-hydrogen) atoms. The Morgan fingerprint density at radius 2 is 1.47 bits per heavy atom. The van der Waals surface area contributed by atoms with E-state index in [9.17, 15) is 0 Å². The van der Waals surface area contributed by atoms with Crippen molar-refractivity contribution in [2.24, 2.45) is 11.1 Å². The first-order valence-electron chi connectivity index (χ1n) is 7.71. The molecule has 1 aliphatic heterocycles. The highest BCUT2D eigenvalue weighted by molar-refractivity contribution is 4.94. The lowest BCUT2D eigenvalue weighted by atomic mass is 9.74. The summed E-state index contributed by atoms with van der Waals surface area (Å²) in [7, 11) is 0. The van der Waals surface area contributed by atoms with E-state index in [-0.39, 0.29) is 5.54 Å². The van der Waals surface area contributed by atoms with E-state index in [1.165, 1.54) is 83.8 Å². The number of nitrogens with two attached hydrogens (primary N) is 1. The number of nitrogens with zero attached hydrogens (tertiary/aromatic N) is 1. The molecule has 0 amide bonds. The lowest BCUT2D eigenvalue weighted by molar-refractivity contribution is 0.0937. The SMILES string of the molecule is NC1(CCN2CCC3(CCCC3)CC2)CCC1. The van der Waals surface area contributed by atoms with Gasteiger partial charge in [-0.05, 0) is 76.4 Å². The number of rotatable bonds is 3. The van der Waals surface area contributed by atoms with Crippen molar-refractivity contribution in [2.45, 2.75) is 69.7 Å². The van der Waals surface area contributed by atoms with Gasteiger partial charge in [-0.1, -0.05) is 12.8 Å². The Labute approximate surface area is 106 Å². The second-order valence-corrected chi connectivity index (χ2v) is 7.01. The maximum Gasteiger partial charge on any atom is 0.0166 e. The van der Waals surface area contributed by atoms with E-state index >= 15 is 0 Å². The highest BCUT2D eigenvalue weighted by Crippen LogP contribution is 2.46. The van der Waals surface area contributed by atoms with Crippen molar-refractivity contribution >= 4 is 0 Å². The zero-order valence-electron chi connectivity index (χ0n) is 11.2. The third kappa shape index (κ3) is 2.53. The molecule has 3 aliphatic rings. The third-order valence-electron chi connectivity index (χ3n) is 5.86. The van der Waals surface area contributed by atoms with Crippen molar-refractivity contribution in [1.29, 1.82) is 0 Å². The van der Waals surface area contributed by atoms with Crippen LogP contribution in [0.2, 0.25) is 0 Å². The Bertz CT molecular complexity index is 254. The monoisotopic (exact) mass is 236 g/mol. The third-order valence-corrected chi connectivity index (χ3v) is 5.86. The van der Waals surface area contributed by atoms with E-state index in [4.69, 9.17) is 5.73 Å². The van der Waals surface area contributed by atoms with Gasteiger partial charge in [0.15, 0.2) is 0 Å². The van der Waals surface area contributed by atoms with Crippen LogP contribution in [0.5, 0.6) is 0 Å². The fourth-order valence-corrected chi connectivity index (χ4v) is 4.14. The van der Waals surface area contributed by atoms with Gasteiger partial charge < -0.3 is 10.6 Å². The molecule has 1 spiro atoms. The smallest absolute Gasteiger partial charge is 0.0166 e. The number of piperidine rings is 1. The van der Waals surface area contributed by atoms with Crippen LogP contribution in [0.4, 0.5) is 0 Å². The van der Waals surface area contributed by atoms with Crippen molar-refractivity contribution in [2.75, 3.05) is 19.6 Å². The summed E-state index contributed by atoms with van der Waals surface area (Å²) < 4.78 is 0. The van der Waals surface area contributed by atoms with E-state index < -0.39 is 0 Å². The van der Waals surface area contributed by atoms with Crippen LogP contribution in [0.1, 0.15) is 64.2 Å². The Kier molecular flexibility index (Phi) is 3.20. The molecular weight excluding hydrogens is 208 g/mol. The molecule has 1 saturated heterocycles. The molecule has 0 bridgehead atoms. The van der Waals surface area contributed by atoms with Crippen molar-refractivity contribution in [1.82, 2.24) is 4.90 Å². The molecule has 0 aromatic rings. The molecule has 3 fully saturated rings. The lowest BCUT2D eigenvalue weighted by Crippen LogP contribution is -2.49. The van der Waals surface area contributed by atoms with Crippen LogP contribution < -0.4 is 5.73 Å². The second kappa shape index (κ2) is 4.55. The van der Waals surface area contributed by atoms with E-state index in [1.54, 1.807) is 0 Å². The van der Waals surface area contributed by atoms with Gasteiger partial charge in [-0.25, -0.2) is 0 Å². The molecule has 2 saturated carbocycles. The summed E-state index contributed by atoms with van der Waals surface area (Å²) in [4.78, 5) is 2.68. The maximum atomic E-state index is 6.31. The van der Waals surface area contributed by atoms with Crippen LogP contribution in [0, 0.1) is 5.41 Å². The maximum absolute atomic E-state index is 6.31. The minimum Gasteiger partial charge on any atom is -0.325 e. The predicted octanol–water partition coefficient (Wildman–Crippen LogP) is 2.91. The molecule has 2 aliphatic carbocycles. The summed E-state index contributed by atoms with van der Waals surface area (Å²) in [5.41, 5.74) is 7.30.